The maximum Gasteiger partial charge on any atom is 0.282 e. The van der Waals surface area contributed by atoms with Crippen LogP contribution in [0.3, 0.4) is 0 Å². The Kier molecular flexibility index (Phi) is 5.96. The number of nitrogens with one attached hydrogen (secondary N) is 1. The summed E-state index contributed by atoms with van der Waals surface area (Å²) in [5, 5.41) is 7.35. The number of aryl methyl sites for hydroxylation is 1. The zero-order valence-electron chi connectivity index (χ0n) is 14.0. The minimum atomic E-state index is -0.150. The van der Waals surface area contributed by atoms with Crippen LogP contribution in [0.15, 0.2) is 39.7 Å². The predicted molar refractivity (Wildman–Crippen MR) is 97.5 cm³/mol. The number of hydrogen-bond donors (Lipinski definition) is 1. The number of benzene rings is 1. The van der Waals surface area contributed by atoms with Crippen molar-refractivity contribution in [2.45, 2.75) is 33.0 Å². The van der Waals surface area contributed by atoms with Gasteiger partial charge in [-0.1, -0.05) is 24.3 Å². The predicted octanol–water partition coefficient (Wildman–Crippen LogP) is 3.00. The van der Waals surface area contributed by atoms with Crippen LogP contribution in [0.4, 0.5) is 5.69 Å². The molecule has 0 aliphatic carbocycles. The fourth-order valence-corrected chi connectivity index (χ4v) is 2.66. The molecule has 2 aromatic rings. The van der Waals surface area contributed by atoms with Gasteiger partial charge in [-0.05, 0) is 48.0 Å². The molecule has 0 bridgehead atoms. The molecule has 0 saturated heterocycles. The standard InChI is InChI=1S/C17H23BrN4O/c1-12(2)21(3)11-14-8-6-5-7-13(14)9-19-15-10-20-22(4)17(23)16(15)18/h5-8,10,12,19H,9,11H2,1-4H3. The van der Waals surface area contributed by atoms with Crippen molar-refractivity contribution < 1.29 is 0 Å². The van der Waals surface area contributed by atoms with Gasteiger partial charge in [-0.3, -0.25) is 9.69 Å². The molecule has 23 heavy (non-hydrogen) atoms. The lowest BCUT2D eigenvalue weighted by Gasteiger charge is -2.22. The van der Waals surface area contributed by atoms with Gasteiger partial charge in [0.1, 0.15) is 4.47 Å². The average molecular weight is 379 g/mol. The van der Waals surface area contributed by atoms with E-state index in [4.69, 9.17) is 0 Å². The van der Waals surface area contributed by atoms with Gasteiger partial charge in [0, 0.05) is 26.2 Å². The van der Waals surface area contributed by atoms with Gasteiger partial charge < -0.3 is 5.32 Å². The first-order valence-electron chi connectivity index (χ1n) is 7.63. The van der Waals surface area contributed by atoms with Crippen LogP contribution < -0.4 is 10.9 Å². The second-order valence-electron chi connectivity index (χ2n) is 5.93. The number of halogens is 1. The van der Waals surface area contributed by atoms with Crippen LogP contribution >= 0.6 is 15.9 Å². The highest BCUT2D eigenvalue weighted by Gasteiger charge is 2.10. The van der Waals surface area contributed by atoms with Crippen molar-refractivity contribution in [3.8, 4) is 0 Å². The Morgan fingerprint density at radius 2 is 1.96 bits per heavy atom. The van der Waals surface area contributed by atoms with Crippen LogP contribution in [-0.4, -0.2) is 27.8 Å². The van der Waals surface area contributed by atoms with Crippen molar-refractivity contribution in [3.05, 3.63) is 56.4 Å². The summed E-state index contributed by atoms with van der Waals surface area (Å²) >= 11 is 3.34. The molecule has 5 nitrogen and oxygen atoms in total. The van der Waals surface area contributed by atoms with E-state index in [-0.39, 0.29) is 5.56 Å². The second kappa shape index (κ2) is 7.75. The molecule has 6 heteroatoms. The number of nitrogens with zero attached hydrogens (tertiary/aromatic N) is 3. The Morgan fingerprint density at radius 3 is 2.61 bits per heavy atom. The third-order valence-electron chi connectivity index (χ3n) is 3.97. The topological polar surface area (TPSA) is 50.2 Å². The van der Waals surface area contributed by atoms with E-state index >= 15 is 0 Å². The molecular formula is C17H23BrN4O. The van der Waals surface area contributed by atoms with E-state index in [1.54, 1.807) is 13.2 Å². The molecule has 2 rings (SSSR count). The summed E-state index contributed by atoms with van der Waals surface area (Å²) in [6.07, 6.45) is 1.66. The normalized spacial score (nSPS) is 11.3. The molecule has 0 aliphatic rings. The molecule has 0 unspecified atom stereocenters. The van der Waals surface area contributed by atoms with Crippen molar-refractivity contribution >= 4 is 21.6 Å². The zero-order chi connectivity index (χ0) is 17.0. The maximum absolute atomic E-state index is 11.9. The van der Waals surface area contributed by atoms with Crippen molar-refractivity contribution in [2.75, 3.05) is 12.4 Å². The monoisotopic (exact) mass is 378 g/mol. The summed E-state index contributed by atoms with van der Waals surface area (Å²) < 4.78 is 1.81. The van der Waals surface area contributed by atoms with Gasteiger partial charge in [0.2, 0.25) is 0 Å². The highest BCUT2D eigenvalue weighted by Crippen LogP contribution is 2.19. The molecule has 124 valence electrons. The van der Waals surface area contributed by atoms with Crippen LogP contribution in [0, 0.1) is 0 Å². The van der Waals surface area contributed by atoms with Gasteiger partial charge in [0.15, 0.2) is 0 Å². The Labute approximate surface area is 145 Å². The fraction of sp³-hybridized carbons (Fsp3) is 0.412. The molecule has 1 N–H and O–H groups in total. The number of anilines is 1. The van der Waals surface area contributed by atoms with Gasteiger partial charge in [0.25, 0.3) is 5.56 Å². The quantitative estimate of drug-likeness (QED) is 0.839. The lowest BCUT2D eigenvalue weighted by molar-refractivity contribution is 0.265. The molecule has 0 atom stereocenters. The number of aromatic nitrogens is 2. The highest BCUT2D eigenvalue weighted by atomic mass is 79.9. The molecule has 0 fully saturated rings. The van der Waals surface area contributed by atoms with E-state index in [0.717, 1.165) is 6.54 Å². The first kappa shape index (κ1) is 17.7. The van der Waals surface area contributed by atoms with E-state index in [1.165, 1.54) is 15.8 Å². The molecule has 1 aromatic heterocycles. The summed E-state index contributed by atoms with van der Waals surface area (Å²) in [6.45, 7) is 5.91. The van der Waals surface area contributed by atoms with Crippen molar-refractivity contribution in [3.63, 3.8) is 0 Å². The lowest BCUT2D eigenvalue weighted by atomic mass is 10.1. The third-order valence-corrected chi connectivity index (χ3v) is 4.73. The van der Waals surface area contributed by atoms with E-state index in [9.17, 15) is 4.79 Å². The van der Waals surface area contributed by atoms with E-state index in [2.05, 4.69) is 70.3 Å². The second-order valence-corrected chi connectivity index (χ2v) is 6.73. The minimum Gasteiger partial charge on any atom is -0.379 e. The van der Waals surface area contributed by atoms with Gasteiger partial charge in [0.05, 0.1) is 11.9 Å². The third kappa shape index (κ3) is 4.42. The molecule has 1 aromatic carbocycles. The van der Waals surface area contributed by atoms with Gasteiger partial charge >= 0.3 is 0 Å². The summed E-state index contributed by atoms with van der Waals surface area (Å²) in [4.78, 5) is 14.2. The molecular weight excluding hydrogens is 356 g/mol. The van der Waals surface area contributed by atoms with Crippen LogP contribution in [0.2, 0.25) is 0 Å². The smallest absolute Gasteiger partial charge is 0.282 e. The van der Waals surface area contributed by atoms with Gasteiger partial charge in [-0.15, -0.1) is 0 Å². The van der Waals surface area contributed by atoms with E-state index in [0.29, 0.717) is 22.7 Å². The van der Waals surface area contributed by atoms with Crippen molar-refractivity contribution in [1.29, 1.82) is 0 Å². The largest absolute Gasteiger partial charge is 0.379 e. The van der Waals surface area contributed by atoms with Crippen LogP contribution in [0.5, 0.6) is 0 Å². The molecule has 0 spiro atoms. The summed E-state index contributed by atoms with van der Waals surface area (Å²) in [5.41, 5.74) is 3.06. The highest BCUT2D eigenvalue weighted by molar-refractivity contribution is 9.10. The summed E-state index contributed by atoms with van der Waals surface area (Å²) in [6, 6.07) is 8.84. The Morgan fingerprint density at radius 1 is 1.30 bits per heavy atom. The van der Waals surface area contributed by atoms with E-state index in [1.807, 2.05) is 6.07 Å². The summed E-state index contributed by atoms with van der Waals surface area (Å²) in [5.74, 6) is 0. The molecule has 0 aliphatic heterocycles. The van der Waals surface area contributed by atoms with Crippen LogP contribution in [0.25, 0.3) is 0 Å². The fourth-order valence-electron chi connectivity index (χ4n) is 2.16. The molecule has 0 amide bonds. The molecule has 0 saturated carbocycles. The average Bonchev–Trinajstić information content (AvgIpc) is 2.53. The van der Waals surface area contributed by atoms with Crippen LogP contribution in [0.1, 0.15) is 25.0 Å². The van der Waals surface area contributed by atoms with Crippen molar-refractivity contribution in [1.82, 2.24) is 14.7 Å². The Balaban J connectivity index is 2.15. The van der Waals surface area contributed by atoms with Crippen LogP contribution in [-0.2, 0) is 20.1 Å². The zero-order valence-corrected chi connectivity index (χ0v) is 15.6. The molecule has 1 heterocycles. The molecule has 0 radical (unpaired) electrons. The number of rotatable bonds is 6. The number of hydrogen-bond acceptors (Lipinski definition) is 4. The Bertz CT molecular complexity index is 727. The first-order valence-corrected chi connectivity index (χ1v) is 8.42. The van der Waals surface area contributed by atoms with Gasteiger partial charge in [-0.25, -0.2) is 4.68 Å². The van der Waals surface area contributed by atoms with E-state index < -0.39 is 0 Å². The minimum absolute atomic E-state index is 0.150. The maximum atomic E-state index is 11.9. The van der Waals surface area contributed by atoms with Gasteiger partial charge in [-0.2, -0.15) is 5.10 Å². The summed E-state index contributed by atoms with van der Waals surface area (Å²) in [7, 11) is 3.75. The SMILES string of the molecule is CC(C)N(C)Cc1ccccc1CNc1cnn(C)c(=O)c1Br. The lowest BCUT2D eigenvalue weighted by Crippen LogP contribution is -2.26. The Hall–Kier alpha value is -1.66. The van der Waals surface area contributed by atoms with Crippen molar-refractivity contribution in [2.24, 2.45) is 7.05 Å². The first-order chi connectivity index (χ1) is 10.9.